The molecule has 0 aliphatic rings. The molecule has 0 spiro atoms. The molecule has 2 aromatic heterocycles. The van der Waals surface area contributed by atoms with Crippen LogP contribution in [0.5, 0.6) is 0 Å². The van der Waals surface area contributed by atoms with E-state index in [2.05, 4.69) is 9.97 Å². The van der Waals surface area contributed by atoms with Crippen LogP contribution in [-0.4, -0.2) is 34.9 Å². The highest BCUT2D eigenvalue weighted by atomic mass is 15.1. The predicted molar refractivity (Wildman–Crippen MR) is 80.8 cm³/mol. The molecule has 0 N–H and O–H groups in total. The van der Waals surface area contributed by atoms with E-state index in [1.54, 1.807) is 0 Å². The molecule has 0 aliphatic heterocycles. The maximum atomic E-state index is 6.11. The summed E-state index contributed by atoms with van der Waals surface area (Å²) in [5.74, 6) is 1.09. The molecule has 0 fully saturated rings. The van der Waals surface area contributed by atoms with Gasteiger partial charge in [0.2, 0.25) is 16.0 Å². The van der Waals surface area contributed by atoms with E-state index < -0.39 is 0 Å². The number of para-hydroxylation sites is 4. The van der Waals surface area contributed by atoms with Crippen molar-refractivity contribution in [1.29, 1.82) is 0 Å². The normalized spacial score (nSPS) is 11.4. The van der Waals surface area contributed by atoms with Gasteiger partial charge in [-0.15, -0.1) is 0 Å². The number of hydrogen-bond acceptors (Lipinski definition) is 2. The fourth-order valence-electron chi connectivity index (χ4n) is 2.40. The first-order valence-corrected chi connectivity index (χ1v) is 6.21. The fraction of sp³-hybridized carbons (Fsp3) is 0. The van der Waals surface area contributed by atoms with Gasteiger partial charge < -0.3 is 8.96 Å². The molecule has 20 heavy (non-hydrogen) atoms. The molecule has 0 aliphatic carbocycles. The Hall–Kier alpha value is -2.49. The highest BCUT2D eigenvalue weighted by Crippen LogP contribution is 2.25. The Morgan fingerprint density at radius 3 is 1.45 bits per heavy atom. The van der Waals surface area contributed by atoms with Crippen LogP contribution >= 0.6 is 0 Å². The Kier molecular flexibility index (Phi) is 2.27. The van der Waals surface area contributed by atoms with Crippen molar-refractivity contribution in [3.8, 4) is 11.6 Å². The Balaban J connectivity index is 2.06. The minimum Gasteiger partial charge on any atom is -0.378 e. The molecule has 2 aromatic carbocycles. The molecule has 4 aromatic rings. The van der Waals surface area contributed by atoms with Crippen LogP contribution in [0.1, 0.15) is 0 Å². The molecule has 0 amide bonds. The Labute approximate surface area is 117 Å². The van der Waals surface area contributed by atoms with E-state index >= 15 is 0 Å². The van der Waals surface area contributed by atoms with Gasteiger partial charge in [-0.25, -0.2) is 9.97 Å². The summed E-state index contributed by atoms with van der Waals surface area (Å²) in [4.78, 5) is 9.03. The summed E-state index contributed by atoms with van der Waals surface area (Å²) in [6.07, 6.45) is 0. The minimum atomic E-state index is 0.546. The van der Waals surface area contributed by atoms with E-state index in [0.29, 0.717) is 11.6 Å². The van der Waals surface area contributed by atoms with Gasteiger partial charge in [-0.2, -0.15) is 0 Å². The lowest BCUT2D eigenvalue weighted by Gasteiger charge is -2.03. The van der Waals surface area contributed by atoms with E-state index in [1.807, 2.05) is 48.5 Å². The first kappa shape index (κ1) is 11.3. The summed E-state index contributed by atoms with van der Waals surface area (Å²) in [7, 11) is 12.2. The largest absolute Gasteiger partial charge is 0.378 e. The number of benzene rings is 2. The molecular weight excluding hydrogens is 246 g/mol. The Bertz CT molecular complexity index is 861. The molecular formula is C14H8B2N4. The van der Waals surface area contributed by atoms with Crippen molar-refractivity contribution in [3.05, 3.63) is 48.5 Å². The van der Waals surface area contributed by atoms with Crippen LogP contribution in [0, 0.1) is 0 Å². The number of hydrogen-bond donors (Lipinski definition) is 0. The number of nitrogens with zero attached hydrogens (tertiary/aromatic N) is 4. The van der Waals surface area contributed by atoms with Gasteiger partial charge in [-0.1, -0.05) is 24.3 Å². The number of aromatic nitrogens is 4. The van der Waals surface area contributed by atoms with Gasteiger partial charge in [0.15, 0.2) is 11.6 Å². The second-order valence-corrected chi connectivity index (χ2v) is 4.59. The number of rotatable bonds is 1. The maximum absolute atomic E-state index is 6.11. The van der Waals surface area contributed by atoms with Gasteiger partial charge in [0.1, 0.15) is 0 Å². The third-order valence-corrected chi connectivity index (χ3v) is 3.39. The third kappa shape index (κ3) is 1.45. The summed E-state index contributed by atoms with van der Waals surface area (Å²) in [6, 6.07) is 15.3. The van der Waals surface area contributed by atoms with Gasteiger partial charge in [-0.3, -0.25) is 0 Å². The summed E-state index contributed by atoms with van der Waals surface area (Å²) < 4.78 is 3.03. The van der Waals surface area contributed by atoms with Gasteiger partial charge in [0.05, 0.1) is 22.1 Å². The van der Waals surface area contributed by atoms with Crippen molar-refractivity contribution in [3.63, 3.8) is 0 Å². The van der Waals surface area contributed by atoms with Crippen molar-refractivity contribution in [2.75, 3.05) is 0 Å². The highest BCUT2D eigenvalue weighted by Gasteiger charge is 2.15. The van der Waals surface area contributed by atoms with Crippen LogP contribution in [0.15, 0.2) is 48.5 Å². The van der Waals surface area contributed by atoms with Crippen molar-refractivity contribution in [2.45, 2.75) is 0 Å². The average Bonchev–Trinajstić information content (AvgIpc) is 2.98. The van der Waals surface area contributed by atoms with Crippen LogP contribution in [0.25, 0.3) is 33.7 Å². The number of fused-ring (bicyclic) bond motifs is 2. The van der Waals surface area contributed by atoms with E-state index in [0.717, 1.165) is 22.1 Å². The third-order valence-electron chi connectivity index (χ3n) is 3.39. The van der Waals surface area contributed by atoms with Gasteiger partial charge in [0, 0.05) is 0 Å². The van der Waals surface area contributed by atoms with Gasteiger partial charge >= 0.3 is 0 Å². The molecule has 90 valence electrons. The quantitative estimate of drug-likeness (QED) is 0.486. The van der Waals surface area contributed by atoms with E-state index in [1.165, 1.54) is 8.96 Å². The second-order valence-electron chi connectivity index (χ2n) is 4.59. The smallest absolute Gasteiger partial charge is 0.237 e. The minimum absolute atomic E-state index is 0.546. The van der Waals surface area contributed by atoms with Gasteiger partial charge in [-0.05, 0) is 24.3 Å². The maximum Gasteiger partial charge on any atom is 0.237 e. The zero-order valence-electron chi connectivity index (χ0n) is 10.6. The topological polar surface area (TPSA) is 35.6 Å². The molecule has 0 bridgehead atoms. The Morgan fingerprint density at radius 2 is 1.05 bits per heavy atom. The molecule has 0 atom stereocenters. The standard InChI is InChI=1S/C14H8B2N4/c15-19-11-7-3-1-5-9(11)17-13(19)14-18-10-6-2-4-8-12(10)20(14)16/h1-8H. The van der Waals surface area contributed by atoms with Crippen LogP contribution < -0.4 is 0 Å². The lowest BCUT2D eigenvalue weighted by Crippen LogP contribution is -2.02. The first-order chi connectivity index (χ1) is 9.75. The lowest BCUT2D eigenvalue weighted by atomic mass is 10.2. The zero-order valence-corrected chi connectivity index (χ0v) is 10.6. The van der Waals surface area contributed by atoms with Crippen LogP contribution in [-0.2, 0) is 0 Å². The molecule has 6 heteroatoms. The molecule has 4 rings (SSSR count). The van der Waals surface area contributed by atoms with Crippen molar-refractivity contribution < 1.29 is 0 Å². The highest BCUT2D eigenvalue weighted by molar-refractivity contribution is 6.16. The predicted octanol–water partition coefficient (Wildman–Crippen LogP) is 1.92. The van der Waals surface area contributed by atoms with Crippen molar-refractivity contribution in [1.82, 2.24) is 18.9 Å². The lowest BCUT2D eigenvalue weighted by molar-refractivity contribution is 1.14. The van der Waals surface area contributed by atoms with E-state index in [4.69, 9.17) is 16.0 Å². The zero-order chi connectivity index (χ0) is 13.7. The molecule has 0 unspecified atom stereocenters. The summed E-state index contributed by atoms with van der Waals surface area (Å²) >= 11 is 0. The van der Waals surface area contributed by atoms with Crippen LogP contribution in [0.2, 0.25) is 0 Å². The van der Waals surface area contributed by atoms with Gasteiger partial charge in [0.25, 0.3) is 0 Å². The van der Waals surface area contributed by atoms with E-state index in [9.17, 15) is 0 Å². The van der Waals surface area contributed by atoms with Crippen LogP contribution in [0.4, 0.5) is 0 Å². The second kappa shape index (κ2) is 4.00. The van der Waals surface area contributed by atoms with Crippen molar-refractivity contribution >= 4 is 38.0 Å². The molecule has 0 saturated heterocycles. The summed E-state index contributed by atoms with van der Waals surface area (Å²) in [5.41, 5.74) is 3.32. The number of imidazole rings is 2. The SMILES string of the molecule is [B]n1c(-c2nc3ccccc3n2[B])nc2ccccc21. The van der Waals surface area contributed by atoms with E-state index in [-0.39, 0.29) is 0 Å². The molecule has 2 heterocycles. The molecule has 4 nitrogen and oxygen atoms in total. The summed E-state index contributed by atoms with van der Waals surface area (Å²) in [6.45, 7) is 0. The average molecular weight is 254 g/mol. The van der Waals surface area contributed by atoms with Crippen LogP contribution in [0.3, 0.4) is 0 Å². The molecule has 4 radical (unpaired) electrons. The first-order valence-electron chi connectivity index (χ1n) is 6.21. The summed E-state index contributed by atoms with van der Waals surface area (Å²) in [5, 5.41) is 0. The monoisotopic (exact) mass is 254 g/mol. The van der Waals surface area contributed by atoms with Crippen molar-refractivity contribution in [2.24, 2.45) is 0 Å². The fourth-order valence-corrected chi connectivity index (χ4v) is 2.40. The molecule has 0 saturated carbocycles. The Morgan fingerprint density at radius 1 is 0.650 bits per heavy atom.